The van der Waals surface area contributed by atoms with Crippen LogP contribution in [0.2, 0.25) is 0 Å². The minimum absolute atomic E-state index is 0.322. The molecule has 1 heterocycles. The molecule has 0 radical (unpaired) electrons. The summed E-state index contributed by atoms with van der Waals surface area (Å²) in [4.78, 5) is 26.6. The molecule has 0 saturated carbocycles. The lowest BCUT2D eigenvalue weighted by molar-refractivity contribution is 0.0752. The number of carbonyl (C=O) groups excluding carboxylic acids is 2. The van der Waals surface area contributed by atoms with Gasteiger partial charge < -0.3 is 9.47 Å². The topological polar surface area (TPSA) is 55.9 Å². The van der Waals surface area contributed by atoms with E-state index in [2.05, 4.69) is 0 Å². The molecule has 3 aromatic rings. The summed E-state index contributed by atoms with van der Waals surface area (Å²) in [5.41, 5.74) is 0.150. The van der Waals surface area contributed by atoms with Crippen molar-refractivity contribution in [2.24, 2.45) is 0 Å². The van der Waals surface area contributed by atoms with Crippen molar-refractivity contribution in [3.8, 4) is 5.75 Å². The molecule has 0 amide bonds. The number of ketones is 2. The van der Waals surface area contributed by atoms with Gasteiger partial charge in [0.05, 0.1) is 7.11 Å². The first kappa shape index (κ1) is 17.2. The number of hydrogen-bond acceptors (Lipinski definition) is 4. The van der Waals surface area contributed by atoms with Crippen LogP contribution < -0.4 is 4.74 Å². The molecule has 1 atom stereocenters. The van der Waals surface area contributed by atoms with Gasteiger partial charge >= 0.3 is 0 Å². The molecule has 0 aliphatic carbocycles. The van der Waals surface area contributed by atoms with Crippen molar-refractivity contribution >= 4 is 11.6 Å². The molecule has 0 bridgehead atoms. The van der Waals surface area contributed by atoms with Crippen LogP contribution in [0.3, 0.4) is 0 Å². The molecular formula is C23H18O4. The molecule has 0 spiro atoms. The number of carbonyl (C=O) groups is 2. The number of methoxy groups -OCH3 is 1. The number of Topliss-reactive ketones (excluding diaryl/α,β-unsaturated/α-hetero) is 2. The van der Waals surface area contributed by atoms with Gasteiger partial charge in [0.1, 0.15) is 11.9 Å². The second-order valence-electron chi connectivity index (χ2n) is 6.40. The predicted molar refractivity (Wildman–Crippen MR) is 101 cm³/mol. The van der Waals surface area contributed by atoms with E-state index in [-0.39, 0.29) is 11.6 Å². The zero-order valence-corrected chi connectivity index (χ0v) is 14.8. The van der Waals surface area contributed by atoms with Crippen molar-refractivity contribution in [3.63, 3.8) is 0 Å². The Morgan fingerprint density at radius 1 is 0.778 bits per heavy atom. The van der Waals surface area contributed by atoms with E-state index in [1.54, 1.807) is 67.8 Å². The lowest BCUT2D eigenvalue weighted by Gasteiger charge is -2.12. The van der Waals surface area contributed by atoms with Gasteiger partial charge in [-0.05, 0) is 17.7 Å². The molecule has 4 nitrogen and oxygen atoms in total. The monoisotopic (exact) mass is 358 g/mol. The van der Waals surface area contributed by atoms with E-state index in [1.165, 1.54) is 0 Å². The summed E-state index contributed by atoms with van der Waals surface area (Å²) in [6.07, 6.45) is -0.621. The Hall–Kier alpha value is -3.24. The van der Waals surface area contributed by atoms with Crippen LogP contribution in [0.25, 0.3) is 0 Å². The number of epoxide rings is 1. The van der Waals surface area contributed by atoms with E-state index in [0.29, 0.717) is 16.9 Å². The summed E-state index contributed by atoms with van der Waals surface area (Å²) in [5.74, 6) is 0.0596. The molecule has 27 heavy (non-hydrogen) atoms. The third-order valence-corrected chi connectivity index (χ3v) is 4.78. The molecule has 0 N–H and O–H groups in total. The van der Waals surface area contributed by atoms with Crippen molar-refractivity contribution in [3.05, 3.63) is 102 Å². The van der Waals surface area contributed by atoms with Gasteiger partial charge in [0.25, 0.3) is 0 Å². The van der Waals surface area contributed by atoms with Gasteiger partial charge in [-0.2, -0.15) is 0 Å². The van der Waals surface area contributed by atoms with Gasteiger partial charge in [-0.15, -0.1) is 0 Å². The molecular weight excluding hydrogens is 340 g/mol. The average molecular weight is 358 g/mol. The van der Waals surface area contributed by atoms with Gasteiger partial charge in [-0.25, -0.2) is 0 Å². The molecule has 0 aromatic heterocycles. The van der Waals surface area contributed by atoms with Gasteiger partial charge in [-0.1, -0.05) is 72.8 Å². The van der Waals surface area contributed by atoms with Crippen LogP contribution in [-0.4, -0.2) is 24.3 Å². The van der Waals surface area contributed by atoms with E-state index >= 15 is 0 Å². The fraction of sp³-hybridized carbons (Fsp3) is 0.130. The van der Waals surface area contributed by atoms with Gasteiger partial charge in [-0.3, -0.25) is 9.59 Å². The van der Waals surface area contributed by atoms with Crippen LogP contribution in [0, 0.1) is 0 Å². The molecule has 1 unspecified atom stereocenters. The fourth-order valence-corrected chi connectivity index (χ4v) is 3.29. The average Bonchev–Trinajstić information content (AvgIpc) is 3.51. The summed E-state index contributed by atoms with van der Waals surface area (Å²) < 4.78 is 11.0. The second kappa shape index (κ2) is 6.82. The van der Waals surface area contributed by atoms with Gasteiger partial charge in [0.15, 0.2) is 0 Å². The van der Waals surface area contributed by atoms with E-state index < -0.39 is 11.7 Å². The largest absolute Gasteiger partial charge is 0.497 e. The first-order valence-corrected chi connectivity index (χ1v) is 8.68. The first-order valence-electron chi connectivity index (χ1n) is 8.68. The third kappa shape index (κ3) is 2.94. The normalized spacial score (nSPS) is 17.1. The Labute approximate surface area is 157 Å². The fourth-order valence-electron chi connectivity index (χ4n) is 3.29. The van der Waals surface area contributed by atoms with E-state index in [0.717, 1.165) is 5.56 Å². The summed E-state index contributed by atoms with van der Waals surface area (Å²) in [5, 5.41) is 0. The minimum atomic E-state index is -1.53. The van der Waals surface area contributed by atoms with Crippen molar-refractivity contribution in [2.45, 2.75) is 11.7 Å². The van der Waals surface area contributed by atoms with Crippen LogP contribution in [0.15, 0.2) is 84.9 Å². The number of benzene rings is 3. The summed E-state index contributed by atoms with van der Waals surface area (Å²) >= 11 is 0. The predicted octanol–water partition coefficient (Wildman–Crippen LogP) is 4.27. The maximum Gasteiger partial charge on any atom is 0.224 e. The highest BCUT2D eigenvalue weighted by molar-refractivity contribution is 6.25. The zero-order valence-electron chi connectivity index (χ0n) is 14.8. The Morgan fingerprint density at radius 2 is 1.26 bits per heavy atom. The molecule has 4 rings (SSSR count). The smallest absolute Gasteiger partial charge is 0.224 e. The van der Waals surface area contributed by atoms with Crippen LogP contribution in [0.1, 0.15) is 32.4 Å². The summed E-state index contributed by atoms with van der Waals surface area (Å²) in [6.45, 7) is 0. The lowest BCUT2D eigenvalue weighted by atomic mass is 9.85. The van der Waals surface area contributed by atoms with Gasteiger partial charge in [0, 0.05) is 11.1 Å². The molecule has 134 valence electrons. The maximum absolute atomic E-state index is 13.3. The highest BCUT2D eigenvalue weighted by atomic mass is 16.6. The highest BCUT2D eigenvalue weighted by Crippen LogP contribution is 2.53. The molecule has 1 aliphatic heterocycles. The van der Waals surface area contributed by atoms with Crippen LogP contribution in [-0.2, 0) is 4.74 Å². The third-order valence-electron chi connectivity index (χ3n) is 4.78. The number of ether oxygens (including phenoxy) is 2. The lowest BCUT2D eigenvalue weighted by Crippen LogP contribution is -2.35. The Balaban J connectivity index is 1.75. The molecule has 1 saturated heterocycles. The summed E-state index contributed by atoms with van der Waals surface area (Å²) in [7, 11) is 1.59. The van der Waals surface area contributed by atoms with Crippen molar-refractivity contribution < 1.29 is 19.1 Å². The van der Waals surface area contributed by atoms with E-state index in [4.69, 9.17) is 9.47 Å². The molecule has 1 fully saturated rings. The standard InChI is InChI=1S/C23H18O4/c1-26-19-14-12-18(13-15-19)22-23(27-22,20(24)16-8-4-2-5-9-16)21(25)17-10-6-3-7-11-17/h2-15,22H,1H3. The maximum atomic E-state index is 13.3. The van der Waals surface area contributed by atoms with Crippen LogP contribution in [0.4, 0.5) is 0 Å². The Morgan fingerprint density at radius 3 is 1.70 bits per heavy atom. The van der Waals surface area contributed by atoms with Crippen LogP contribution in [0.5, 0.6) is 5.75 Å². The Bertz CT molecular complexity index is 911. The quantitative estimate of drug-likeness (QED) is 0.375. The minimum Gasteiger partial charge on any atom is -0.497 e. The van der Waals surface area contributed by atoms with E-state index in [1.807, 2.05) is 24.3 Å². The molecule has 4 heteroatoms. The molecule has 1 aliphatic rings. The first-order chi connectivity index (χ1) is 13.2. The van der Waals surface area contributed by atoms with Crippen LogP contribution >= 0.6 is 0 Å². The van der Waals surface area contributed by atoms with Crippen molar-refractivity contribution in [1.29, 1.82) is 0 Å². The summed E-state index contributed by atoms with van der Waals surface area (Å²) in [6, 6.07) is 24.8. The van der Waals surface area contributed by atoms with Gasteiger partial charge in [0.2, 0.25) is 17.2 Å². The zero-order chi connectivity index (χ0) is 18.9. The van der Waals surface area contributed by atoms with E-state index in [9.17, 15) is 9.59 Å². The Kier molecular flexibility index (Phi) is 4.34. The highest BCUT2D eigenvalue weighted by Gasteiger charge is 2.68. The number of hydrogen-bond donors (Lipinski definition) is 0. The number of rotatable bonds is 6. The van der Waals surface area contributed by atoms with Crippen molar-refractivity contribution in [2.75, 3.05) is 7.11 Å². The SMILES string of the molecule is COc1ccc(C2OC2(C(=O)c2ccccc2)C(=O)c2ccccc2)cc1. The van der Waals surface area contributed by atoms with Crippen molar-refractivity contribution in [1.82, 2.24) is 0 Å². The second-order valence-corrected chi connectivity index (χ2v) is 6.40. The molecule has 3 aromatic carbocycles.